The van der Waals surface area contributed by atoms with Crippen molar-refractivity contribution in [3.05, 3.63) is 23.7 Å². The SMILES string of the molecule is NCc1ccc(C(=O)NCCC(F)(F)F)o1. The van der Waals surface area contributed by atoms with Gasteiger partial charge >= 0.3 is 6.18 Å². The Labute approximate surface area is 89.6 Å². The lowest BCUT2D eigenvalue weighted by Crippen LogP contribution is -2.27. The van der Waals surface area contributed by atoms with E-state index in [1.54, 1.807) is 0 Å². The smallest absolute Gasteiger partial charge is 0.390 e. The number of carbonyl (C=O) groups is 1. The number of rotatable bonds is 4. The maximum absolute atomic E-state index is 11.8. The van der Waals surface area contributed by atoms with Crippen LogP contribution in [0.4, 0.5) is 13.2 Å². The maximum Gasteiger partial charge on any atom is 0.390 e. The quantitative estimate of drug-likeness (QED) is 0.830. The first kappa shape index (κ1) is 12.6. The molecule has 0 saturated carbocycles. The van der Waals surface area contributed by atoms with Crippen LogP contribution in [0.25, 0.3) is 0 Å². The molecule has 0 aliphatic rings. The number of nitrogens with two attached hydrogens (primary N) is 1. The first-order valence-corrected chi connectivity index (χ1v) is 4.56. The van der Waals surface area contributed by atoms with Gasteiger partial charge in [0.15, 0.2) is 5.76 Å². The second-order valence-electron chi connectivity index (χ2n) is 3.09. The molecule has 1 aromatic rings. The molecule has 1 heterocycles. The molecule has 7 heteroatoms. The predicted molar refractivity (Wildman–Crippen MR) is 49.6 cm³/mol. The van der Waals surface area contributed by atoms with Gasteiger partial charge in [0.2, 0.25) is 0 Å². The highest BCUT2D eigenvalue weighted by atomic mass is 19.4. The first-order chi connectivity index (χ1) is 7.42. The lowest BCUT2D eigenvalue weighted by atomic mass is 10.3. The van der Waals surface area contributed by atoms with Gasteiger partial charge in [0, 0.05) is 6.54 Å². The summed E-state index contributed by atoms with van der Waals surface area (Å²) in [6, 6.07) is 2.86. The topological polar surface area (TPSA) is 68.3 Å². The zero-order chi connectivity index (χ0) is 12.2. The largest absolute Gasteiger partial charge is 0.455 e. The van der Waals surface area contributed by atoms with Crippen LogP contribution in [-0.2, 0) is 6.54 Å². The van der Waals surface area contributed by atoms with Crippen LogP contribution in [0.15, 0.2) is 16.5 Å². The van der Waals surface area contributed by atoms with Crippen LogP contribution in [0, 0.1) is 0 Å². The number of amides is 1. The molecule has 90 valence electrons. The number of hydrogen-bond acceptors (Lipinski definition) is 3. The molecule has 0 fully saturated rings. The van der Waals surface area contributed by atoms with E-state index in [0.29, 0.717) is 5.76 Å². The van der Waals surface area contributed by atoms with E-state index in [4.69, 9.17) is 10.2 Å². The second-order valence-corrected chi connectivity index (χ2v) is 3.09. The Morgan fingerprint density at radius 2 is 2.12 bits per heavy atom. The highest BCUT2D eigenvalue weighted by Crippen LogP contribution is 2.18. The Balaban J connectivity index is 2.41. The van der Waals surface area contributed by atoms with Gasteiger partial charge in [-0.1, -0.05) is 0 Å². The molecule has 4 nitrogen and oxygen atoms in total. The van der Waals surface area contributed by atoms with E-state index in [1.165, 1.54) is 12.1 Å². The zero-order valence-electron chi connectivity index (χ0n) is 8.30. The van der Waals surface area contributed by atoms with E-state index < -0.39 is 25.0 Å². The van der Waals surface area contributed by atoms with Gasteiger partial charge < -0.3 is 15.5 Å². The molecule has 3 N–H and O–H groups in total. The van der Waals surface area contributed by atoms with E-state index >= 15 is 0 Å². The Kier molecular flexibility index (Phi) is 3.94. The molecule has 16 heavy (non-hydrogen) atoms. The molecule has 0 aromatic carbocycles. The molecule has 0 radical (unpaired) electrons. The fourth-order valence-corrected chi connectivity index (χ4v) is 1.01. The molecule has 0 bridgehead atoms. The number of carbonyl (C=O) groups excluding carboxylic acids is 1. The summed E-state index contributed by atoms with van der Waals surface area (Å²) in [5.41, 5.74) is 5.25. The summed E-state index contributed by atoms with van der Waals surface area (Å²) >= 11 is 0. The van der Waals surface area contributed by atoms with Crippen LogP contribution in [0.3, 0.4) is 0 Å². The summed E-state index contributed by atoms with van der Waals surface area (Å²) in [7, 11) is 0. The Morgan fingerprint density at radius 3 is 2.62 bits per heavy atom. The Morgan fingerprint density at radius 1 is 1.44 bits per heavy atom. The number of alkyl halides is 3. The van der Waals surface area contributed by atoms with E-state index in [-0.39, 0.29) is 12.3 Å². The van der Waals surface area contributed by atoms with Gasteiger partial charge in [-0.3, -0.25) is 4.79 Å². The molecule has 1 amide bonds. The lowest BCUT2D eigenvalue weighted by molar-refractivity contribution is -0.133. The molecule has 0 aliphatic heterocycles. The molecule has 0 spiro atoms. The number of furan rings is 1. The predicted octanol–water partition coefficient (Wildman–Crippen LogP) is 1.42. The third kappa shape index (κ3) is 3.93. The molecule has 0 saturated heterocycles. The van der Waals surface area contributed by atoms with Gasteiger partial charge in [-0.05, 0) is 12.1 Å². The third-order valence-electron chi connectivity index (χ3n) is 1.78. The van der Waals surface area contributed by atoms with Crippen molar-refractivity contribution in [2.75, 3.05) is 6.54 Å². The van der Waals surface area contributed by atoms with Crippen molar-refractivity contribution in [3.8, 4) is 0 Å². The van der Waals surface area contributed by atoms with Gasteiger partial charge in [-0.15, -0.1) is 0 Å². The van der Waals surface area contributed by atoms with Gasteiger partial charge in [-0.25, -0.2) is 0 Å². The van der Waals surface area contributed by atoms with Crippen LogP contribution < -0.4 is 11.1 Å². The molecule has 0 aliphatic carbocycles. The molecular weight excluding hydrogens is 225 g/mol. The van der Waals surface area contributed by atoms with Crippen molar-refractivity contribution in [2.45, 2.75) is 19.1 Å². The van der Waals surface area contributed by atoms with Gasteiger partial charge in [0.25, 0.3) is 5.91 Å². The second kappa shape index (κ2) is 5.02. The number of halogens is 3. The summed E-state index contributed by atoms with van der Waals surface area (Å²) in [4.78, 5) is 11.2. The molecular formula is C9H11F3N2O2. The Bertz CT molecular complexity index is 360. The van der Waals surface area contributed by atoms with Crippen molar-refractivity contribution in [2.24, 2.45) is 5.73 Å². The molecule has 0 atom stereocenters. The minimum absolute atomic E-state index is 0.0392. The molecule has 1 aromatic heterocycles. The van der Waals surface area contributed by atoms with Gasteiger partial charge in [-0.2, -0.15) is 13.2 Å². The normalized spacial score (nSPS) is 11.5. The lowest BCUT2D eigenvalue weighted by Gasteiger charge is -2.06. The van der Waals surface area contributed by atoms with Crippen LogP contribution in [0.5, 0.6) is 0 Å². The van der Waals surface area contributed by atoms with E-state index in [9.17, 15) is 18.0 Å². The maximum atomic E-state index is 11.8. The van der Waals surface area contributed by atoms with E-state index in [2.05, 4.69) is 5.32 Å². The summed E-state index contributed by atoms with van der Waals surface area (Å²) < 4.78 is 40.3. The van der Waals surface area contributed by atoms with Crippen LogP contribution in [-0.4, -0.2) is 18.6 Å². The molecule has 0 unspecified atom stereocenters. The summed E-state index contributed by atoms with van der Waals surface area (Å²) in [5, 5.41) is 2.10. The van der Waals surface area contributed by atoms with Crippen molar-refractivity contribution < 1.29 is 22.4 Å². The average Bonchev–Trinajstić information content (AvgIpc) is 2.63. The minimum Gasteiger partial charge on any atom is -0.455 e. The summed E-state index contributed by atoms with van der Waals surface area (Å²) in [6.45, 7) is -0.336. The first-order valence-electron chi connectivity index (χ1n) is 4.56. The van der Waals surface area contributed by atoms with Crippen LogP contribution in [0.1, 0.15) is 22.7 Å². The fourth-order valence-electron chi connectivity index (χ4n) is 1.01. The summed E-state index contributed by atoms with van der Waals surface area (Å²) in [6.07, 6.45) is -5.35. The van der Waals surface area contributed by atoms with E-state index in [0.717, 1.165) is 0 Å². The van der Waals surface area contributed by atoms with Crippen LogP contribution in [0.2, 0.25) is 0 Å². The number of hydrogen-bond donors (Lipinski definition) is 2. The van der Waals surface area contributed by atoms with E-state index in [1.807, 2.05) is 0 Å². The molecule has 1 rings (SSSR count). The standard InChI is InChI=1S/C9H11F3N2O2/c10-9(11,12)3-4-14-8(15)7-2-1-6(5-13)16-7/h1-2H,3-5,13H2,(H,14,15). The van der Waals surface area contributed by atoms with Gasteiger partial charge in [0.1, 0.15) is 5.76 Å². The van der Waals surface area contributed by atoms with Crippen molar-refractivity contribution >= 4 is 5.91 Å². The van der Waals surface area contributed by atoms with Crippen molar-refractivity contribution in [1.82, 2.24) is 5.32 Å². The monoisotopic (exact) mass is 236 g/mol. The Hall–Kier alpha value is -1.50. The van der Waals surface area contributed by atoms with Crippen molar-refractivity contribution in [3.63, 3.8) is 0 Å². The highest BCUT2D eigenvalue weighted by molar-refractivity contribution is 5.91. The highest BCUT2D eigenvalue weighted by Gasteiger charge is 2.26. The third-order valence-corrected chi connectivity index (χ3v) is 1.78. The zero-order valence-corrected chi connectivity index (χ0v) is 8.30. The van der Waals surface area contributed by atoms with Crippen LogP contribution >= 0.6 is 0 Å². The van der Waals surface area contributed by atoms with Crippen molar-refractivity contribution in [1.29, 1.82) is 0 Å². The van der Waals surface area contributed by atoms with Gasteiger partial charge in [0.05, 0.1) is 13.0 Å². The average molecular weight is 236 g/mol. The number of nitrogens with one attached hydrogen (secondary N) is 1. The minimum atomic E-state index is -4.28. The fraction of sp³-hybridized carbons (Fsp3) is 0.444. The summed E-state index contributed by atoms with van der Waals surface area (Å²) in [5.74, 6) is -0.312.